The Morgan fingerprint density at radius 2 is 2.00 bits per heavy atom. The van der Waals surface area contributed by atoms with Gasteiger partial charge in [-0.15, -0.1) is 0 Å². The highest BCUT2D eigenvalue weighted by Crippen LogP contribution is 2.69. The molecule has 6 rings (SSSR count). The van der Waals surface area contributed by atoms with Crippen molar-refractivity contribution in [3.63, 3.8) is 0 Å². The van der Waals surface area contributed by atoms with Gasteiger partial charge in [0.25, 0.3) is 11.8 Å². The molecule has 2 bridgehead atoms. The number of carbonyl (C=O) groups is 3. The van der Waals surface area contributed by atoms with Crippen LogP contribution in [0, 0.1) is 5.41 Å². The molecule has 10 heteroatoms. The number of ketones is 2. The number of alkyl halides is 2. The molecule has 1 amide bonds. The van der Waals surface area contributed by atoms with Gasteiger partial charge in [-0.2, -0.15) is 8.78 Å². The second kappa shape index (κ2) is 8.26. The molecule has 2 heterocycles. The number of Topliss-reactive ketones (excluding diaryl/α,β-unsaturated/α-hetero) is 2. The van der Waals surface area contributed by atoms with Gasteiger partial charge in [0.2, 0.25) is 0 Å². The molecule has 1 atom stereocenters. The second-order valence-corrected chi connectivity index (χ2v) is 10.4. The SMILES string of the molecule is CC(F)(F)c1ccc(OCC(=O)NC23CC(CC(=O)[C@@H]4CC(=O)c5cc(Cl)ccc5O4)(C2)C3)cn1. The largest absolute Gasteiger partial charge is 0.482 e. The Morgan fingerprint density at radius 3 is 2.66 bits per heavy atom. The van der Waals surface area contributed by atoms with Crippen LogP contribution in [0.2, 0.25) is 5.02 Å². The predicted molar refractivity (Wildman–Crippen MR) is 121 cm³/mol. The van der Waals surface area contributed by atoms with Gasteiger partial charge >= 0.3 is 0 Å². The second-order valence-electron chi connectivity index (χ2n) is 9.93. The molecule has 0 unspecified atom stereocenters. The van der Waals surface area contributed by atoms with Crippen molar-refractivity contribution in [1.29, 1.82) is 0 Å². The minimum absolute atomic E-state index is 0.00674. The lowest BCUT2D eigenvalue weighted by molar-refractivity contribution is -0.175. The predicted octanol–water partition coefficient (Wildman–Crippen LogP) is 4.26. The maximum atomic E-state index is 13.2. The molecule has 0 saturated heterocycles. The van der Waals surface area contributed by atoms with Gasteiger partial charge in [-0.25, -0.2) is 0 Å². The van der Waals surface area contributed by atoms with Gasteiger partial charge in [0, 0.05) is 23.9 Å². The van der Waals surface area contributed by atoms with Gasteiger partial charge in [-0.05, 0) is 55.0 Å². The van der Waals surface area contributed by atoms with E-state index < -0.39 is 12.0 Å². The molecule has 1 aromatic carbocycles. The molecule has 35 heavy (non-hydrogen) atoms. The minimum atomic E-state index is -3.05. The third kappa shape index (κ3) is 4.61. The summed E-state index contributed by atoms with van der Waals surface area (Å²) in [4.78, 5) is 41.3. The normalized spacial score (nSPS) is 26.5. The standard InChI is InChI=1S/C25H23ClF2N2O5/c1-23(27,28)21-5-3-15(9-29-21)34-10-22(33)30-25-11-24(12-25,13-25)8-18(32)20-7-17(31)16-6-14(26)2-4-19(16)35-20/h2-6,9,20H,7-8,10-13H2,1H3,(H,30,33)/t20-,24?,25?/m0/s1. The number of hydrogen-bond acceptors (Lipinski definition) is 6. The monoisotopic (exact) mass is 504 g/mol. The summed E-state index contributed by atoms with van der Waals surface area (Å²) in [5.74, 6) is -3.06. The number of pyridine rings is 1. The van der Waals surface area contributed by atoms with Crippen LogP contribution in [-0.4, -0.2) is 40.7 Å². The summed E-state index contributed by atoms with van der Waals surface area (Å²) in [5, 5.41) is 3.39. The first-order valence-electron chi connectivity index (χ1n) is 11.3. The molecular weight excluding hydrogens is 482 g/mol. The van der Waals surface area contributed by atoms with Gasteiger partial charge in [0.15, 0.2) is 24.3 Å². The van der Waals surface area contributed by atoms with Gasteiger partial charge in [-0.1, -0.05) is 11.6 Å². The van der Waals surface area contributed by atoms with Crippen LogP contribution in [0.25, 0.3) is 0 Å². The van der Waals surface area contributed by atoms with Crippen molar-refractivity contribution >= 4 is 29.1 Å². The fraction of sp³-hybridized carbons (Fsp3) is 0.440. The number of benzene rings is 1. The van der Waals surface area contributed by atoms with Crippen molar-refractivity contribution in [3.8, 4) is 11.5 Å². The molecule has 2 aromatic rings. The van der Waals surface area contributed by atoms with E-state index in [0.29, 0.717) is 42.0 Å². The van der Waals surface area contributed by atoms with E-state index in [1.807, 2.05) is 0 Å². The summed E-state index contributed by atoms with van der Waals surface area (Å²) < 4.78 is 37.6. The van der Waals surface area contributed by atoms with E-state index in [1.54, 1.807) is 18.2 Å². The molecule has 3 saturated carbocycles. The molecule has 0 spiro atoms. The maximum Gasteiger partial charge on any atom is 0.286 e. The van der Waals surface area contributed by atoms with E-state index in [4.69, 9.17) is 21.1 Å². The number of ether oxygens (including phenoxy) is 2. The lowest BCUT2D eigenvalue weighted by Gasteiger charge is -2.70. The summed E-state index contributed by atoms with van der Waals surface area (Å²) in [6.07, 6.45) is 2.66. The van der Waals surface area contributed by atoms with Crippen LogP contribution in [0.1, 0.15) is 55.1 Å². The zero-order valence-corrected chi connectivity index (χ0v) is 19.7. The van der Waals surface area contributed by atoms with Crippen molar-refractivity contribution < 1.29 is 32.6 Å². The quantitative estimate of drug-likeness (QED) is 0.577. The summed E-state index contributed by atoms with van der Waals surface area (Å²) in [6.45, 7) is 0.489. The Bertz CT molecular complexity index is 1190. The van der Waals surface area contributed by atoms with Crippen molar-refractivity contribution in [1.82, 2.24) is 10.3 Å². The lowest BCUT2D eigenvalue weighted by Crippen LogP contribution is -2.75. The molecule has 4 aliphatic rings. The smallest absolute Gasteiger partial charge is 0.286 e. The fourth-order valence-electron chi connectivity index (χ4n) is 5.48. The number of carbonyl (C=O) groups excluding carboxylic acids is 3. The highest BCUT2D eigenvalue weighted by atomic mass is 35.5. The molecule has 3 aliphatic carbocycles. The first-order chi connectivity index (χ1) is 16.5. The van der Waals surface area contributed by atoms with Crippen LogP contribution < -0.4 is 14.8 Å². The highest BCUT2D eigenvalue weighted by Gasteiger charge is 2.68. The van der Waals surface area contributed by atoms with Gasteiger partial charge in [0.05, 0.1) is 18.2 Å². The number of amides is 1. The Labute approximate surface area is 205 Å². The molecule has 184 valence electrons. The van der Waals surface area contributed by atoms with Gasteiger partial charge in [-0.3, -0.25) is 19.4 Å². The maximum absolute atomic E-state index is 13.2. The van der Waals surface area contributed by atoms with E-state index in [2.05, 4.69) is 10.3 Å². The number of nitrogens with zero attached hydrogens (tertiary/aromatic N) is 1. The number of rotatable bonds is 8. The molecule has 3 fully saturated rings. The van der Waals surface area contributed by atoms with Crippen LogP contribution in [0.4, 0.5) is 8.78 Å². The fourth-order valence-corrected chi connectivity index (χ4v) is 5.66. The third-order valence-corrected chi connectivity index (χ3v) is 7.13. The summed E-state index contributed by atoms with van der Waals surface area (Å²) in [7, 11) is 0. The molecule has 1 N–H and O–H groups in total. The third-order valence-electron chi connectivity index (χ3n) is 6.89. The number of aromatic nitrogens is 1. The first kappa shape index (κ1) is 23.7. The van der Waals surface area contributed by atoms with E-state index in [-0.39, 0.29) is 52.9 Å². The molecule has 7 nitrogen and oxygen atoms in total. The average Bonchev–Trinajstić information content (AvgIpc) is 2.75. The number of hydrogen-bond donors (Lipinski definition) is 1. The van der Waals surface area contributed by atoms with E-state index >= 15 is 0 Å². The van der Waals surface area contributed by atoms with Crippen LogP contribution in [0.3, 0.4) is 0 Å². The van der Waals surface area contributed by atoms with Crippen molar-refractivity contribution in [3.05, 3.63) is 52.8 Å². The van der Waals surface area contributed by atoms with E-state index in [9.17, 15) is 23.2 Å². The van der Waals surface area contributed by atoms with Gasteiger partial charge in [0.1, 0.15) is 17.2 Å². The molecular formula is C25H23ClF2N2O5. The van der Waals surface area contributed by atoms with Crippen molar-refractivity contribution in [2.24, 2.45) is 5.41 Å². The zero-order chi connectivity index (χ0) is 25.0. The minimum Gasteiger partial charge on any atom is -0.482 e. The topological polar surface area (TPSA) is 94.6 Å². The Kier molecular flexibility index (Phi) is 5.58. The summed E-state index contributed by atoms with van der Waals surface area (Å²) >= 11 is 5.94. The zero-order valence-electron chi connectivity index (χ0n) is 18.9. The first-order valence-corrected chi connectivity index (χ1v) is 11.6. The average molecular weight is 505 g/mol. The van der Waals surface area contributed by atoms with Gasteiger partial charge < -0.3 is 14.8 Å². The van der Waals surface area contributed by atoms with Crippen molar-refractivity contribution in [2.75, 3.05) is 6.61 Å². The number of halogens is 3. The highest BCUT2D eigenvalue weighted by molar-refractivity contribution is 6.31. The molecule has 1 aromatic heterocycles. The lowest BCUT2D eigenvalue weighted by atomic mass is 9.38. The van der Waals surface area contributed by atoms with Crippen LogP contribution >= 0.6 is 11.6 Å². The van der Waals surface area contributed by atoms with E-state index in [1.165, 1.54) is 6.07 Å². The number of nitrogens with one attached hydrogen (secondary N) is 1. The van der Waals surface area contributed by atoms with Crippen molar-refractivity contribution in [2.45, 2.75) is 56.6 Å². The van der Waals surface area contributed by atoms with Crippen LogP contribution in [-0.2, 0) is 15.5 Å². The molecule has 0 radical (unpaired) electrons. The summed E-state index contributed by atoms with van der Waals surface area (Å²) in [6, 6.07) is 7.28. The Balaban J connectivity index is 1.08. The molecule has 1 aliphatic heterocycles. The summed E-state index contributed by atoms with van der Waals surface area (Å²) in [5.41, 5.74) is -0.506. The van der Waals surface area contributed by atoms with E-state index in [0.717, 1.165) is 19.2 Å². The number of fused-ring (bicyclic) bond motifs is 1. The Morgan fingerprint density at radius 1 is 1.26 bits per heavy atom. The Hall–Kier alpha value is -3.07. The van der Waals surface area contributed by atoms with Crippen LogP contribution in [0.15, 0.2) is 36.5 Å². The van der Waals surface area contributed by atoms with Crippen LogP contribution in [0.5, 0.6) is 11.5 Å².